The van der Waals surface area contributed by atoms with Crippen LogP contribution < -0.4 is 9.62 Å². The van der Waals surface area contributed by atoms with Gasteiger partial charge in [-0.15, -0.1) is 0 Å². The maximum atomic E-state index is 13.6. The van der Waals surface area contributed by atoms with E-state index >= 15 is 0 Å². The molecule has 1 fully saturated rings. The Bertz CT molecular complexity index is 1280. The van der Waals surface area contributed by atoms with E-state index in [4.69, 9.17) is 23.2 Å². The fourth-order valence-corrected chi connectivity index (χ4v) is 5.63. The van der Waals surface area contributed by atoms with Crippen LogP contribution in [0.5, 0.6) is 0 Å². The SMILES string of the molecule is CC(C(=O)NC1CCCCC1)N(Cc1ccc(Cl)cc1)C(=O)CN(c1ccc(Cl)c(C(F)(F)F)c1)S(C)(=O)=O. The number of rotatable bonds is 9. The average molecular weight is 609 g/mol. The number of halogens is 5. The molecule has 0 saturated heterocycles. The smallest absolute Gasteiger partial charge is 0.352 e. The molecule has 39 heavy (non-hydrogen) atoms. The van der Waals surface area contributed by atoms with Gasteiger partial charge in [-0.1, -0.05) is 54.6 Å². The van der Waals surface area contributed by atoms with Crippen molar-refractivity contribution in [3.63, 3.8) is 0 Å². The van der Waals surface area contributed by atoms with Crippen LogP contribution in [0.4, 0.5) is 18.9 Å². The van der Waals surface area contributed by atoms with E-state index < -0.39 is 51.2 Å². The van der Waals surface area contributed by atoms with Crippen molar-refractivity contribution in [3.8, 4) is 0 Å². The molecular weight excluding hydrogens is 578 g/mol. The average Bonchev–Trinajstić information content (AvgIpc) is 2.86. The normalized spacial score (nSPS) is 15.5. The molecule has 0 aromatic heterocycles. The van der Waals surface area contributed by atoms with E-state index in [0.29, 0.717) is 21.0 Å². The molecule has 2 aromatic carbocycles. The number of nitrogens with one attached hydrogen (secondary N) is 1. The van der Waals surface area contributed by atoms with E-state index in [-0.39, 0.29) is 18.3 Å². The lowest BCUT2D eigenvalue weighted by atomic mass is 9.95. The van der Waals surface area contributed by atoms with Crippen LogP contribution in [0.25, 0.3) is 0 Å². The molecule has 1 atom stereocenters. The van der Waals surface area contributed by atoms with E-state index in [0.717, 1.165) is 50.5 Å². The van der Waals surface area contributed by atoms with Crippen molar-refractivity contribution < 1.29 is 31.2 Å². The van der Waals surface area contributed by atoms with E-state index in [2.05, 4.69) is 5.32 Å². The Kier molecular flexibility index (Phi) is 10.2. The number of benzene rings is 2. The molecule has 0 bridgehead atoms. The Balaban J connectivity index is 1.92. The number of carbonyl (C=O) groups is 2. The molecule has 2 aromatic rings. The third kappa shape index (κ3) is 8.49. The highest BCUT2D eigenvalue weighted by atomic mass is 35.5. The van der Waals surface area contributed by atoms with Crippen LogP contribution in [-0.2, 0) is 32.3 Å². The van der Waals surface area contributed by atoms with Crippen molar-refractivity contribution >= 4 is 50.7 Å². The van der Waals surface area contributed by atoms with Gasteiger partial charge in [-0.25, -0.2) is 8.42 Å². The molecule has 0 radical (unpaired) electrons. The number of sulfonamides is 1. The largest absolute Gasteiger partial charge is 0.417 e. The van der Waals surface area contributed by atoms with Crippen molar-refractivity contribution in [1.29, 1.82) is 0 Å². The third-order valence-electron chi connectivity index (χ3n) is 6.61. The highest BCUT2D eigenvalue weighted by molar-refractivity contribution is 7.92. The summed E-state index contributed by atoms with van der Waals surface area (Å²) in [5, 5.41) is 2.83. The van der Waals surface area contributed by atoms with Gasteiger partial charge in [0, 0.05) is 17.6 Å². The Labute approximate surface area is 236 Å². The molecular formula is C26H30Cl2F3N3O4S. The summed E-state index contributed by atoms with van der Waals surface area (Å²) < 4.78 is 66.2. The number of carbonyl (C=O) groups excluding carboxylic acids is 2. The van der Waals surface area contributed by atoms with Gasteiger partial charge < -0.3 is 10.2 Å². The third-order valence-corrected chi connectivity index (χ3v) is 8.33. The zero-order valence-corrected chi connectivity index (χ0v) is 23.8. The summed E-state index contributed by atoms with van der Waals surface area (Å²) in [5.41, 5.74) is -0.990. The van der Waals surface area contributed by atoms with E-state index in [9.17, 15) is 31.2 Å². The molecule has 0 heterocycles. The van der Waals surface area contributed by atoms with Crippen molar-refractivity contribution in [2.24, 2.45) is 0 Å². The summed E-state index contributed by atoms with van der Waals surface area (Å²) >= 11 is 11.7. The first kappa shape index (κ1) is 31.0. The van der Waals surface area contributed by atoms with Crippen molar-refractivity contribution in [2.45, 2.75) is 63.8 Å². The monoisotopic (exact) mass is 607 g/mol. The Hall–Kier alpha value is -2.50. The lowest BCUT2D eigenvalue weighted by Crippen LogP contribution is -2.53. The summed E-state index contributed by atoms with van der Waals surface area (Å²) in [5.74, 6) is -1.17. The molecule has 1 unspecified atom stereocenters. The van der Waals surface area contributed by atoms with Gasteiger partial charge in [-0.3, -0.25) is 13.9 Å². The van der Waals surface area contributed by atoms with E-state index in [1.807, 2.05) is 0 Å². The molecule has 7 nitrogen and oxygen atoms in total. The minimum atomic E-state index is -4.84. The Morgan fingerprint density at radius 1 is 1.05 bits per heavy atom. The second-order valence-corrected chi connectivity index (χ2v) is 12.3. The zero-order chi connectivity index (χ0) is 29.0. The first-order valence-electron chi connectivity index (χ1n) is 12.4. The Morgan fingerprint density at radius 3 is 2.23 bits per heavy atom. The highest BCUT2D eigenvalue weighted by Crippen LogP contribution is 2.37. The number of nitrogens with zero attached hydrogens (tertiary/aromatic N) is 2. The summed E-state index contributed by atoms with van der Waals surface area (Å²) in [6, 6.07) is 8.14. The molecule has 0 spiro atoms. The maximum Gasteiger partial charge on any atom is 0.417 e. The predicted octanol–water partition coefficient (Wildman–Crippen LogP) is 5.64. The molecule has 3 rings (SSSR count). The first-order valence-corrected chi connectivity index (χ1v) is 15.0. The number of hydrogen-bond acceptors (Lipinski definition) is 4. The van der Waals surface area contributed by atoms with Crippen LogP contribution >= 0.6 is 23.2 Å². The molecule has 1 saturated carbocycles. The highest BCUT2D eigenvalue weighted by Gasteiger charge is 2.36. The fraction of sp³-hybridized carbons (Fsp3) is 0.462. The second-order valence-electron chi connectivity index (χ2n) is 9.60. The molecule has 0 aliphatic heterocycles. The lowest BCUT2D eigenvalue weighted by Gasteiger charge is -2.33. The van der Waals surface area contributed by atoms with Crippen molar-refractivity contribution in [3.05, 3.63) is 63.6 Å². The minimum Gasteiger partial charge on any atom is -0.352 e. The second kappa shape index (κ2) is 12.8. The summed E-state index contributed by atoms with van der Waals surface area (Å²) in [6.45, 7) is 0.647. The van der Waals surface area contributed by atoms with Crippen LogP contribution in [0.1, 0.15) is 50.2 Å². The lowest BCUT2D eigenvalue weighted by molar-refractivity contribution is -0.139. The van der Waals surface area contributed by atoms with E-state index in [1.165, 1.54) is 11.8 Å². The van der Waals surface area contributed by atoms with Crippen molar-refractivity contribution in [2.75, 3.05) is 17.1 Å². The molecule has 13 heteroatoms. The molecule has 2 amide bonds. The number of amides is 2. The first-order chi connectivity index (χ1) is 18.2. The van der Waals surface area contributed by atoms with Gasteiger partial charge in [-0.05, 0) is 55.7 Å². The van der Waals surface area contributed by atoms with Crippen LogP contribution in [0.3, 0.4) is 0 Å². The van der Waals surface area contributed by atoms with Gasteiger partial charge in [0.1, 0.15) is 12.6 Å². The Morgan fingerprint density at radius 2 is 1.67 bits per heavy atom. The minimum absolute atomic E-state index is 0.0245. The molecule has 214 valence electrons. The van der Waals surface area contributed by atoms with Gasteiger partial charge in [0.15, 0.2) is 0 Å². The van der Waals surface area contributed by atoms with Gasteiger partial charge in [0.25, 0.3) is 0 Å². The van der Waals surface area contributed by atoms with Crippen LogP contribution in [0.15, 0.2) is 42.5 Å². The summed E-state index contributed by atoms with van der Waals surface area (Å²) in [7, 11) is -4.21. The molecule has 1 N–H and O–H groups in total. The topological polar surface area (TPSA) is 86.8 Å². The van der Waals surface area contributed by atoms with Gasteiger partial charge >= 0.3 is 6.18 Å². The number of anilines is 1. The van der Waals surface area contributed by atoms with Crippen molar-refractivity contribution in [1.82, 2.24) is 10.2 Å². The molecule has 1 aliphatic rings. The number of hydrogen-bond donors (Lipinski definition) is 1. The van der Waals surface area contributed by atoms with Crippen LogP contribution in [0, 0.1) is 0 Å². The summed E-state index contributed by atoms with van der Waals surface area (Å²) in [4.78, 5) is 28.0. The van der Waals surface area contributed by atoms with Crippen LogP contribution in [-0.4, -0.2) is 50.0 Å². The number of alkyl halides is 3. The quantitative estimate of drug-likeness (QED) is 0.399. The van der Waals surface area contributed by atoms with E-state index in [1.54, 1.807) is 24.3 Å². The zero-order valence-electron chi connectivity index (χ0n) is 21.5. The van der Waals surface area contributed by atoms with Gasteiger partial charge in [0.05, 0.1) is 22.5 Å². The summed E-state index contributed by atoms with van der Waals surface area (Å²) in [6.07, 6.45) is 0.643. The standard InChI is InChI=1S/C26H30Cl2F3N3O4S/c1-17(25(36)32-20-6-4-3-5-7-20)33(15-18-8-10-19(27)11-9-18)24(35)16-34(39(2,37)38)21-12-13-23(28)22(14-21)26(29,30)31/h8-14,17,20H,3-7,15-16H2,1-2H3,(H,32,36). The molecule has 1 aliphatic carbocycles. The predicted molar refractivity (Wildman–Crippen MR) is 145 cm³/mol. The van der Waals surface area contributed by atoms with Crippen LogP contribution in [0.2, 0.25) is 10.0 Å². The van der Waals surface area contributed by atoms with Gasteiger partial charge in [-0.2, -0.15) is 13.2 Å². The van der Waals surface area contributed by atoms with Gasteiger partial charge in [0.2, 0.25) is 21.8 Å². The maximum absolute atomic E-state index is 13.6. The fourth-order valence-electron chi connectivity index (χ4n) is 4.44.